The van der Waals surface area contributed by atoms with Gasteiger partial charge in [-0.05, 0) is 42.9 Å². The van der Waals surface area contributed by atoms with Crippen molar-refractivity contribution in [1.82, 2.24) is 20.4 Å². The monoisotopic (exact) mass is 482 g/mol. The molecule has 6 nitrogen and oxygen atoms in total. The standard InChI is InChI=1S/C28H26N4O2S/c1-19-24(27-30-26(31-34-27)22-11-7-4-8-12-22)25(21-13-15-23(35-2)16-14-21)29-28(33)32(19)18-17-20-9-5-3-6-10-20/h3-16,25H,17-18H2,1-2H3,(H,29,33). The third-order valence-electron chi connectivity index (χ3n) is 6.20. The summed E-state index contributed by atoms with van der Waals surface area (Å²) in [6.45, 7) is 2.50. The quantitative estimate of drug-likeness (QED) is 0.318. The zero-order chi connectivity index (χ0) is 24.2. The minimum absolute atomic E-state index is 0.135. The molecule has 3 aromatic carbocycles. The van der Waals surface area contributed by atoms with Crippen molar-refractivity contribution in [3.8, 4) is 11.4 Å². The first kappa shape index (κ1) is 22.9. The molecule has 2 heterocycles. The lowest BCUT2D eigenvalue weighted by Crippen LogP contribution is -2.46. The Bertz CT molecular complexity index is 1330. The summed E-state index contributed by atoms with van der Waals surface area (Å²) in [6.07, 6.45) is 2.78. The molecule has 2 amide bonds. The zero-order valence-electron chi connectivity index (χ0n) is 19.6. The summed E-state index contributed by atoms with van der Waals surface area (Å²) >= 11 is 1.68. The molecule has 1 aliphatic heterocycles. The number of aromatic nitrogens is 2. The number of hydrogen-bond acceptors (Lipinski definition) is 5. The average molecular weight is 483 g/mol. The highest BCUT2D eigenvalue weighted by atomic mass is 32.2. The SMILES string of the molecule is CSc1ccc(C2NC(=O)N(CCc3ccccc3)C(C)=C2c2nc(-c3ccccc3)no2)cc1. The van der Waals surface area contributed by atoms with Crippen LogP contribution in [0.25, 0.3) is 17.0 Å². The van der Waals surface area contributed by atoms with Crippen LogP contribution in [0.3, 0.4) is 0 Å². The number of nitrogens with zero attached hydrogens (tertiary/aromatic N) is 3. The van der Waals surface area contributed by atoms with Gasteiger partial charge in [0, 0.05) is 22.7 Å². The largest absolute Gasteiger partial charge is 0.334 e. The molecule has 1 aromatic heterocycles. The van der Waals surface area contributed by atoms with Crippen LogP contribution < -0.4 is 5.32 Å². The summed E-state index contributed by atoms with van der Waals surface area (Å²) in [4.78, 5) is 20.9. The number of nitrogens with one attached hydrogen (secondary N) is 1. The van der Waals surface area contributed by atoms with Crippen molar-refractivity contribution in [3.05, 3.63) is 108 Å². The van der Waals surface area contributed by atoms with Crippen molar-refractivity contribution in [2.45, 2.75) is 24.3 Å². The van der Waals surface area contributed by atoms with E-state index in [0.717, 1.165) is 33.7 Å². The van der Waals surface area contributed by atoms with Crippen molar-refractivity contribution in [1.29, 1.82) is 0 Å². The molecule has 0 radical (unpaired) electrons. The average Bonchev–Trinajstić information content (AvgIpc) is 3.39. The Morgan fingerprint density at radius 1 is 0.971 bits per heavy atom. The van der Waals surface area contributed by atoms with Crippen molar-refractivity contribution in [2.24, 2.45) is 0 Å². The molecule has 0 saturated heterocycles. The van der Waals surface area contributed by atoms with Gasteiger partial charge >= 0.3 is 6.03 Å². The Morgan fingerprint density at radius 3 is 2.34 bits per heavy atom. The van der Waals surface area contributed by atoms with E-state index in [1.54, 1.807) is 16.7 Å². The fourth-order valence-corrected chi connectivity index (χ4v) is 4.71. The molecule has 1 unspecified atom stereocenters. The van der Waals surface area contributed by atoms with Crippen LogP contribution in [0.4, 0.5) is 4.79 Å². The highest BCUT2D eigenvalue weighted by Gasteiger charge is 2.35. The van der Waals surface area contributed by atoms with E-state index in [4.69, 9.17) is 9.51 Å². The third kappa shape index (κ3) is 4.86. The molecule has 4 aromatic rings. The first-order valence-electron chi connectivity index (χ1n) is 11.5. The highest BCUT2D eigenvalue weighted by molar-refractivity contribution is 7.98. The Morgan fingerprint density at radius 2 is 1.66 bits per heavy atom. The number of carbonyl (C=O) groups excluding carboxylic acids is 1. The molecule has 0 bridgehead atoms. The molecule has 1 atom stereocenters. The van der Waals surface area contributed by atoms with E-state index in [9.17, 15) is 4.79 Å². The van der Waals surface area contributed by atoms with Crippen LogP contribution in [0.1, 0.15) is 30.0 Å². The molecule has 7 heteroatoms. The minimum atomic E-state index is -0.393. The number of urea groups is 1. The van der Waals surface area contributed by atoms with E-state index in [-0.39, 0.29) is 6.03 Å². The second-order valence-corrected chi connectivity index (χ2v) is 9.21. The van der Waals surface area contributed by atoms with Crippen LogP contribution in [0.5, 0.6) is 0 Å². The number of benzene rings is 3. The minimum Gasteiger partial charge on any atom is -0.334 e. The number of thioether (sulfide) groups is 1. The van der Waals surface area contributed by atoms with Crippen molar-refractivity contribution >= 4 is 23.4 Å². The molecule has 1 aliphatic rings. The molecule has 176 valence electrons. The smallest absolute Gasteiger partial charge is 0.322 e. The maximum Gasteiger partial charge on any atom is 0.322 e. The molecule has 0 fully saturated rings. The Hall–Kier alpha value is -3.84. The fraction of sp³-hybridized carbons (Fsp3) is 0.179. The van der Waals surface area contributed by atoms with Gasteiger partial charge in [0.25, 0.3) is 5.89 Å². The van der Waals surface area contributed by atoms with E-state index in [1.807, 2.05) is 73.8 Å². The molecular formula is C28H26N4O2S. The van der Waals surface area contributed by atoms with Gasteiger partial charge in [0.05, 0.1) is 11.6 Å². The summed E-state index contributed by atoms with van der Waals surface area (Å²) in [6, 6.07) is 27.6. The van der Waals surface area contributed by atoms with Gasteiger partial charge in [-0.25, -0.2) is 4.79 Å². The lowest BCUT2D eigenvalue weighted by Gasteiger charge is -2.35. The summed E-state index contributed by atoms with van der Waals surface area (Å²) < 4.78 is 5.77. The summed E-state index contributed by atoms with van der Waals surface area (Å²) in [7, 11) is 0. The van der Waals surface area contributed by atoms with Crippen molar-refractivity contribution in [3.63, 3.8) is 0 Å². The molecule has 0 spiro atoms. The molecule has 1 N–H and O–H groups in total. The van der Waals surface area contributed by atoms with Gasteiger partial charge in [0.1, 0.15) is 0 Å². The summed E-state index contributed by atoms with van der Waals surface area (Å²) in [5.74, 6) is 0.926. The molecule has 35 heavy (non-hydrogen) atoms. The highest BCUT2D eigenvalue weighted by Crippen LogP contribution is 2.37. The van der Waals surface area contributed by atoms with Crippen molar-refractivity contribution in [2.75, 3.05) is 12.8 Å². The number of amides is 2. The van der Waals surface area contributed by atoms with Gasteiger partial charge in [0.15, 0.2) is 0 Å². The first-order valence-corrected chi connectivity index (χ1v) is 12.7. The van der Waals surface area contributed by atoms with Crippen molar-refractivity contribution < 1.29 is 9.32 Å². The molecular weight excluding hydrogens is 456 g/mol. The van der Waals surface area contributed by atoms with E-state index in [2.05, 4.69) is 34.7 Å². The normalized spacial score (nSPS) is 15.9. The van der Waals surface area contributed by atoms with E-state index in [1.165, 1.54) is 5.56 Å². The van der Waals surface area contributed by atoms with E-state index < -0.39 is 6.04 Å². The van der Waals surface area contributed by atoms with Crippen LogP contribution >= 0.6 is 11.8 Å². The van der Waals surface area contributed by atoms with Gasteiger partial charge in [-0.3, -0.25) is 4.90 Å². The summed E-state index contributed by atoms with van der Waals surface area (Å²) in [5, 5.41) is 7.41. The van der Waals surface area contributed by atoms with E-state index >= 15 is 0 Å². The van der Waals surface area contributed by atoms with Crippen LogP contribution in [-0.2, 0) is 6.42 Å². The number of allylic oxidation sites excluding steroid dienone is 1. The van der Waals surface area contributed by atoms with Gasteiger partial charge in [-0.15, -0.1) is 11.8 Å². The second kappa shape index (κ2) is 10.2. The number of rotatable bonds is 7. The molecule has 0 aliphatic carbocycles. The van der Waals surface area contributed by atoms with Crippen LogP contribution in [0, 0.1) is 0 Å². The van der Waals surface area contributed by atoms with Gasteiger partial charge in [0.2, 0.25) is 5.82 Å². The third-order valence-corrected chi connectivity index (χ3v) is 6.94. The van der Waals surface area contributed by atoms with E-state index in [0.29, 0.717) is 18.3 Å². The van der Waals surface area contributed by atoms with Crippen LogP contribution in [0.2, 0.25) is 0 Å². The van der Waals surface area contributed by atoms with Crippen LogP contribution in [0.15, 0.2) is 100 Å². The number of carbonyl (C=O) groups is 1. The lowest BCUT2D eigenvalue weighted by molar-refractivity contribution is 0.205. The lowest BCUT2D eigenvalue weighted by atomic mass is 9.94. The topological polar surface area (TPSA) is 71.3 Å². The second-order valence-electron chi connectivity index (χ2n) is 8.33. The molecule has 0 saturated carbocycles. The Balaban J connectivity index is 1.54. The van der Waals surface area contributed by atoms with Gasteiger partial charge in [-0.2, -0.15) is 4.98 Å². The Kier molecular flexibility index (Phi) is 6.68. The van der Waals surface area contributed by atoms with Gasteiger partial charge in [-0.1, -0.05) is 78.0 Å². The fourth-order valence-electron chi connectivity index (χ4n) is 4.30. The van der Waals surface area contributed by atoms with Gasteiger partial charge < -0.3 is 9.84 Å². The first-order chi connectivity index (χ1) is 17.1. The predicted molar refractivity (Wildman–Crippen MR) is 139 cm³/mol. The zero-order valence-corrected chi connectivity index (χ0v) is 20.5. The molecule has 5 rings (SSSR count). The van der Waals surface area contributed by atoms with Crippen LogP contribution in [-0.4, -0.2) is 33.9 Å². The maximum atomic E-state index is 13.2. The number of hydrogen-bond donors (Lipinski definition) is 1. The maximum absolute atomic E-state index is 13.2. The predicted octanol–water partition coefficient (Wildman–Crippen LogP) is 6.20. The Labute approximate surface area is 209 Å². The summed E-state index contributed by atoms with van der Waals surface area (Å²) in [5.41, 5.74) is 4.64.